The molecule has 0 aromatic heterocycles. The van der Waals surface area contributed by atoms with Crippen LogP contribution in [0, 0.1) is 0 Å². The van der Waals surface area contributed by atoms with E-state index in [-0.39, 0.29) is 0 Å². The molecule has 2 nitrogen and oxygen atoms in total. The smallest absolute Gasteiger partial charge is 0.0540 e. The fourth-order valence-electron chi connectivity index (χ4n) is 0.455. The molecule has 1 unspecified atom stereocenters. The topological polar surface area (TPSA) is 18.5 Å². The number of hydrogen-bond donors (Lipinski definition) is 0. The van der Waals surface area contributed by atoms with Gasteiger partial charge in [-0.15, -0.1) is 0 Å². The van der Waals surface area contributed by atoms with E-state index in [2.05, 4.69) is 20.8 Å². The lowest BCUT2D eigenvalue weighted by Gasteiger charge is -2.01. The van der Waals surface area contributed by atoms with Crippen LogP contribution in [0.4, 0.5) is 0 Å². The third-order valence-electron chi connectivity index (χ3n) is 1.68. The highest BCUT2D eigenvalue weighted by Crippen LogP contribution is 1.89. The molecule has 0 aromatic carbocycles. The van der Waals surface area contributed by atoms with Crippen LogP contribution in [0.5, 0.6) is 0 Å². The molecule has 0 saturated carbocycles. The summed E-state index contributed by atoms with van der Waals surface area (Å²) in [6, 6.07) is 0. The Morgan fingerprint density at radius 3 is 1.83 bits per heavy atom. The molecule has 0 saturated heterocycles. The van der Waals surface area contributed by atoms with Crippen molar-refractivity contribution in [3.8, 4) is 0 Å². The molecule has 0 fully saturated rings. The van der Waals surface area contributed by atoms with Gasteiger partial charge in [-0.05, 0) is 19.8 Å². The van der Waals surface area contributed by atoms with Gasteiger partial charge in [0.25, 0.3) is 0 Å². The summed E-state index contributed by atoms with van der Waals surface area (Å²) in [6.07, 6.45) is 3.96. The van der Waals surface area contributed by atoms with Gasteiger partial charge in [0.1, 0.15) is 0 Å². The molecular formula is C10H24O2. The fraction of sp³-hybridized carbons (Fsp3) is 1.00. The van der Waals surface area contributed by atoms with Gasteiger partial charge in [-0.3, -0.25) is 0 Å². The molecule has 0 bridgehead atoms. The Hall–Kier alpha value is -0.0800. The van der Waals surface area contributed by atoms with E-state index in [1.807, 2.05) is 0 Å². The first-order chi connectivity index (χ1) is 5.72. The van der Waals surface area contributed by atoms with Gasteiger partial charge < -0.3 is 9.47 Å². The number of methoxy groups -OCH3 is 2. The van der Waals surface area contributed by atoms with Crippen LogP contribution in [0.15, 0.2) is 0 Å². The Morgan fingerprint density at radius 2 is 1.75 bits per heavy atom. The number of ether oxygens (including phenoxy) is 2. The van der Waals surface area contributed by atoms with E-state index in [4.69, 9.17) is 9.47 Å². The molecule has 2 heteroatoms. The Bertz CT molecular complexity index is 56.9. The van der Waals surface area contributed by atoms with Crippen LogP contribution in [0.2, 0.25) is 0 Å². The van der Waals surface area contributed by atoms with Gasteiger partial charge in [0.15, 0.2) is 0 Å². The van der Waals surface area contributed by atoms with Gasteiger partial charge in [0, 0.05) is 20.8 Å². The largest absolute Gasteiger partial charge is 0.385 e. The SMILES string of the molecule is CCC(C)OC.CCCCOC. The van der Waals surface area contributed by atoms with Crippen LogP contribution >= 0.6 is 0 Å². The highest BCUT2D eigenvalue weighted by atomic mass is 16.5. The number of unbranched alkanes of at least 4 members (excludes halogenated alkanes) is 1. The summed E-state index contributed by atoms with van der Waals surface area (Å²) < 4.78 is 9.68. The van der Waals surface area contributed by atoms with Gasteiger partial charge >= 0.3 is 0 Å². The minimum atomic E-state index is 0.435. The maximum absolute atomic E-state index is 4.90. The molecule has 0 N–H and O–H groups in total. The summed E-state index contributed by atoms with van der Waals surface area (Å²) in [7, 11) is 3.46. The maximum Gasteiger partial charge on any atom is 0.0540 e. The predicted octanol–water partition coefficient (Wildman–Crippen LogP) is 2.86. The Kier molecular flexibility index (Phi) is 16.3. The minimum Gasteiger partial charge on any atom is -0.385 e. The number of rotatable bonds is 5. The van der Waals surface area contributed by atoms with Crippen molar-refractivity contribution in [2.24, 2.45) is 0 Å². The zero-order chi connectivity index (χ0) is 9.82. The summed E-state index contributed by atoms with van der Waals surface area (Å²) in [6.45, 7) is 7.23. The van der Waals surface area contributed by atoms with Crippen molar-refractivity contribution in [3.63, 3.8) is 0 Å². The normalized spacial score (nSPS) is 11.8. The molecule has 0 aliphatic carbocycles. The number of hydrogen-bond acceptors (Lipinski definition) is 2. The van der Waals surface area contributed by atoms with Crippen molar-refractivity contribution in [1.82, 2.24) is 0 Å². The first-order valence-electron chi connectivity index (χ1n) is 4.74. The van der Waals surface area contributed by atoms with Crippen molar-refractivity contribution >= 4 is 0 Å². The quantitative estimate of drug-likeness (QED) is 0.600. The zero-order valence-corrected chi connectivity index (χ0v) is 9.22. The van der Waals surface area contributed by atoms with E-state index < -0.39 is 0 Å². The van der Waals surface area contributed by atoms with Crippen LogP contribution in [-0.2, 0) is 9.47 Å². The van der Waals surface area contributed by atoms with Gasteiger partial charge in [-0.1, -0.05) is 20.3 Å². The summed E-state index contributed by atoms with van der Waals surface area (Å²) in [4.78, 5) is 0. The Morgan fingerprint density at radius 1 is 1.17 bits per heavy atom. The molecule has 0 aliphatic heterocycles. The molecule has 1 atom stereocenters. The predicted molar refractivity (Wildman–Crippen MR) is 53.5 cm³/mol. The van der Waals surface area contributed by atoms with E-state index >= 15 is 0 Å². The van der Waals surface area contributed by atoms with Crippen LogP contribution in [0.1, 0.15) is 40.0 Å². The highest BCUT2D eigenvalue weighted by Gasteiger charge is 1.88. The molecule has 0 amide bonds. The fourth-order valence-corrected chi connectivity index (χ4v) is 0.455. The molecule has 0 spiro atoms. The van der Waals surface area contributed by atoms with E-state index in [0.717, 1.165) is 13.0 Å². The maximum atomic E-state index is 4.90. The monoisotopic (exact) mass is 176 g/mol. The lowest BCUT2D eigenvalue weighted by Crippen LogP contribution is -2.00. The Labute approximate surface area is 77.3 Å². The molecule has 76 valence electrons. The van der Waals surface area contributed by atoms with E-state index in [1.54, 1.807) is 14.2 Å². The van der Waals surface area contributed by atoms with Crippen LogP contribution in [0.25, 0.3) is 0 Å². The van der Waals surface area contributed by atoms with Crippen molar-refractivity contribution in [2.45, 2.75) is 46.1 Å². The molecule has 12 heavy (non-hydrogen) atoms. The molecule has 0 radical (unpaired) electrons. The van der Waals surface area contributed by atoms with Crippen LogP contribution in [-0.4, -0.2) is 26.9 Å². The molecular weight excluding hydrogens is 152 g/mol. The van der Waals surface area contributed by atoms with Gasteiger partial charge in [-0.2, -0.15) is 0 Å². The second-order valence-corrected chi connectivity index (χ2v) is 2.80. The average Bonchev–Trinajstić information content (AvgIpc) is 2.14. The lowest BCUT2D eigenvalue weighted by molar-refractivity contribution is 0.115. The van der Waals surface area contributed by atoms with E-state index in [1.165, 1.54) is 12.8 Å². The van der Waals surface area contributed by atoms with Crippen molar-refractivity contribution in [2.75, 3.05) is 20.8 Å². The third kappa shape index (κ3) is 16.5. The van der Waals surface area contributed by atoms with Crippen molar-refractivity contribution in [3.05, 3.63) is 0 Å². The Balaban J connectivity index is 0. The summed E-state index contributed by atoms with van der Waals surface area (Å²) in [5.41, 5.74) is 0. The molecule has 0 rings (SSSR count). The third-order valence-corrected chi connectivity index (χ3v) is 1.68. The first kappa shape index (κ1) is 14.4. The van der Waals surface area contributed by atoms with Crippen molar-refractivity contribution < 1.29 is 9.47 Å². The van der Waals surface area contributed by atoms with Gasteiger partial charge in [0.05, 0.1) is 6.10 Å². The van der Waals surface area contributed by atoms with Crippen molar-refractivity contribution in [1.29, 1.82) is 0 Å². The van der Waals surface area contributed by atoms with Gasteiger partial charge in [-0.25, -0.2) is 0 Å². The summed E-state index contributed by atoms with van der Waals surface area (Å²) >= 11 is 0. The zero-order valence-electron chi connectivity index (χ0n) is 9.22. The molecule has 0 aromatic rings. The molecule has 0 heterocycles. The average molecular weight is 176 g/mol. The first-order valence-corrected chi connectivity index (χ1v) is 4.74. The second-order valence-electron chi connectivity index (χ2n) is 2.80. The summed E-state index contributed by atoms with van der Waals surface area (Å²) in [5.74, 6) is 0. The standard InChI is InChI=1S/2C5H12O/c1-4-5(2)6-3;1-3-4-5-6-2/h5H,4H2,1-3H3;3-5H2,1-2H3. The summed E-state index contributed by atoms with van der Waals surface area (Å²) in [5, 5.41) is 0. The van der Waals surface area contributed by atoms with Crippen LogP contribution in [0.3, 0.4) is 0 Å². The van der Waals surface area contributed by atoms with E-state index in [9.17, 15) is 0 Å². The van der Waals surface area contributed by atoms with Crippen LogP contribution < -0.4 is 0 Å². The van der Waals surface area contributed by atoms with E-state index in [0.29, 0.717) is 6.10 Å². The van der Waals surface area contributed by atoms with Gasteiger partial charge in [0.2, 0.25) is 0 Å². The lowest BCUT2D eigenvalue weighted by atomic mass is 10.3. The minimum absolute atomic E-state index is 0.435. The highest BCUT2D eigenvalue weighted by molar-refractivity contribution is 4.38. The molecule has 0 aliphatic rings. The second kappa shape index (κ2) is 13.5.